The van der Waals surface area contributed by atoms with Gasteiger partial charge in [-0.15, -0.1) is 0 Å². The second-order valence-corrected chi connectivity index (χ2v) is 7.07. The number of carbonyl (C=O) groups excluding carboxylic acids is 1. The average Bonchev–Trinajstić information content (AvgIpc) is 3.25. The number of hydrogen-bond donors (Lipinski definition) is 1. The molecule has 122 valence electrons. The van der Waals surface area contributed by atoms with Gasteiger partial charge in [0, 0.05) is 32.1 Å². The Bertz CT molecular complexity index is 522. The summed E-state index contributed by atoms with van der Waals surface area (Å²) in [6.45, 7) is 9.99. The van der Waals surface area contributed by atoms with Gasteiger partial charge in [-0.3, -0.25) is 14.8 Å². The molecule has 1 N–H and O–H groups in total. The molecule has 6 nitrogen and oxygen atoms in total. The van der Waals surface area contributed by atoms with Crippen molar-refractivity contribution in [3.8, 4) is 0 Å². The van der Waals surface area contributed by atoms with Crippen LogP contribution in [0.4, 0.5) is 0 Å². The molecule has 1 aliphatic heterocycles. The van der Waals surface area contributed by atoms with Gasteiger partial charge in [0.15, 0.2) is 5.82 Å². The Kier molecular flexibility index (Phi) is 4.47. The van der Waals surface area contributed by atoms with Gasteiger partial charge >= 0.3 is 0 Å². The van der Waals surface area contributed by atoms with Crippen LogP contribution in [0.15, 0.2) is 0 Å². The fraction of sp³-hybridized carbons (Fsp3) is 0.812. The van der Waals surface area contributed by atoms with Crippen LogP contribution >= 0.6 is 0 Å². The minimum absolute atomic E-state index is 0.212. The Hall–Kier alpha value is -1.43. The summed E-state index contributed by atoms with van der Waals surface area (Å²) in [5, 5.41) is 7.33. The van der Waals surface area contributed by atoms with Crippen molar-refractivity contribution in [2.45, 2.75) is 46.1 Å². The Morgan fingerprint density at radius 3 is 2.64 bits per heavy atom. The number of hydrogen-bond acceptors (Lipinski definition) is 4. The van der Waals surface area contributed by atoms with Crippen molar-refractivity contribution in [2.75, 3.05) is 26.2 Å². The first-order valence-electron chi connectivity index (χ1n) is 8.46. The Morgan fingerprint density at radius 1 is 1.27 bits per heavy atom. The summed E-state index contributed by atoms with van der Waals surface area (Å²) in [6, 6.07) is 0.212. The van der Waals surface area contributed by atoms with Gasteiger partial charge in [-0.05, 0) is 32.1 Å². The van der Waals surface area contributed by atoms with Crippen molar-refractivity contribution in [3.05, 3.63) is 11.6 Å². The number of amides is 1. The number of H-pyrrole nitrogens is 1. The number of rotatable bonds is 4. The summed E-state index contributed by atoms with van der Waals surface area (Å²) in [5.74, 6) is 2.99. The highest BCUT2D eigenvalue weighted by Gasteiger charge is 2.36. The number of nitrogens with zero attached hydrogens (tertiary/aromatic N) is 4. The molecule has 1 saturated carbocycles. The molecule has 3 rings (SSSR count). The summed E-state index contributed by atoms with van der Waals surface area (Å²) >= 11 is 0. The first-order chi connectivity index (χ1) is 10.5. The highest BCUT2D eigenvalue weighted by molar-refractivity contribution is 5.81. The van der Waals surface area contributed by atoms with Gasteiger partial charge in [-0.1, -0.05) is 13.8 Å². The lowest BCUT2D eigenvalue weighted by Crippen LogP contribution is -2.37. The maximum Gasteiger partial charge on any atom is 0.225 e. The molecule has 0 bridgehead atoms. The molecule has 2 fully saturated rings. The fourth-order valence-electron chi connectivity index (χ4n) is 3.28. The summed E-state index contributed by atoms with van der Waals surface area (Å²) in [7, 11) is 0. The first kappa shape index (κ1) is 15.5. The minimum atomic E-state index is 0.212. The summed E-state index contributed by atoms with van der Waals surface area (Å²) in [5.41, 5.74) is 0. The van der Waals surface area contributed by atoms with Crippen LogP contribution in [0.3, 0.4) is 0 Å². The second-order valence-electron chi connectivity index (χ2n) is 7.07. The van der Waals surface area contributed by atoms with E-state index in [1.807, 2.05) is 6.92 Å². The van der Waals surface area contributed by atoms with Crippen molar-refractivity contribution in [1.82, 2.24) is 25.0 Å². The van der Waals surface area contributed by atoms with Crippen LogP contribution in [0, 0.1) is 18.8 Å². The molecule has 1 aliphatic carbocycles. The fourth-order valence-corrected chi connectivity index (χ4v) is 3.28. The van der Waals surface area contributed by atoms with Crippen LogP contribution in [-0.4, -0.2) is 57.1 Å². The number of aromatic amines is 1. The van der Waals surface area contributed by atoms with E-state index >= 15 is 0 Å². The third kappa shape index (κ3) is 3.48. The molecule has 1 atom stereocenters. The molecule has 22 heavy (non-hydrogen) atoms. The molecule has 6 heteroatoms. The molecule has 2 aliphatic rings. The normalized spacial score (nSPS) is 23.8. The largest absolute Gasteiger partial charge is 0.341 e. The number of nitrogens with one attached hydrogen (secondary N) is 1. The zero-order chi connectivity index (χ0) is 15.7. The standard InChI is InChI=1S/C16H27N5O/c1-11(2)10-21-9-8-20(16(22)13-4-5-13)7-6-14(21)15-17-12(3)18-19-15/h11,13-14H,4-10H2,1-3H3,(H,17,18,19). The first-order valence-corrected chi connectivity index (χ1v) is 8.46. The molecule has 2 heterocycles. The maximum absolute atomic E-state index is 12.4. The highest BCUT2D eigenvalue weighted by atomic mass is 16.2. The lowest BCUT2D eigenvalue weighted by molar-refractivity contribution is -0.132. The van der Waals surface area contributed by atoms with Crippen molar-refractivity contribution in [3.63, 3.8) is 0 Å². The quantitative estimate of drug-likeness (QED) is 0.920. The molecular weight excluding hydrogens is 278 g/mol. The highest BCUT2D eigenvalue weighted by Crippen LogP contribution is 2.33. The van der Waals surface area contributed by atoms with Gasteiger partial charge < -0.3 is 4.90 Å². The molecule has 0 aromatic carbocycles. The average molecular weight is 305 g/mol. The van der Waals surface area contributed by atoms with Gasteiger partial charge in [-0.25, -0.2) is 4.98 Å². The molecule has 1 amide bonds. The van der Waals surface area contributed by atoms with E-state index in [1.165, 1.54) is 0 Å². The third-order valence-electron chi connectivity index (χ3n) is 4.52. The predicted molar refractivity (Wildman–Crippen MR) is 84.2 cm³/mol. The number of aromatic nitrogens is 3. The Morgan fingerprint density at radius 2 is 2.05 bits per heavy atom. The van der Waals surface area contributed by atoms with Gasteiger partial charge in [0.25, 0.3) is 0 Å². The monoisotopic (exact) mass is 305 g/mol. The smallest absolute Gasteiger partial charge is 0.225 e. The molecule has 1 aromatic heterocycles. The lowest BCUT2D eigenvalue weighted by atomic mass is 10.1. The zero-order valence-corrected chi connectivity index (χ0v) is 13.9. The topological polar surface area (TPSA) is 65.1 Å². The molecular formula is C16H27N5O. The van der Waals surface area contributed by atoms with E-state index in [1.54, 1.807) is 0 Å². The lowest BCUT2D eigenvalue weighted by Gasteiger charge is -2.28. The number of carbonyl (C=O) groups is 1. The van der Waals surface area contributed by atoms with Gasteiger partial charge in [0.05, 0.1) is 6.04 Å². The van der Waals surface area contributed by atoms with E-state index in [4.69, 9.17) is 0 Å². The van der Waals surface area contributed by atoms with Crippen molar-refractivity contribution in [1.29, 1.82) is 0 Å². The second kappa shape index (κ2) is 6.36. The van der Waals surface area contributed by atoms with E-state index in [0.717, 1.165) is 57.1 Å². The van der Waals surface area contributed by atoms with Crippen molar-refractivity contribution in [2.24, 2.45) is 11.8 Å². The van der Waals surface area contributed by atoms with Crippen molar-refractivity contribution < 1.29 is 4.79 Å². The van der Waals surface area contributed by atoms with E-state index in [-0.39, 0.29) is 6.04 Å². The Balaban J connectivity index is 1.74. The number of aryl methyl sites for hydroxylation is 1. The van der Waals surface area contributed by atoms with Crippen LogP contribution in [0.5, 0.6) is 0 Å². The van der Waals surface area contributed by atoms with Gasteiger partial charge in [-0.2, -0.15) is 5.10 Å². The summed E-state index contributed by atoms with van der Waals surface area (Å²) < 4.78 is 0. The van der Waals surface area contributed by atoms with E-state index in [0.29, 0.717) is 17.7 Å². The van der Waals surface area contributed by atoms with E-state index in [2.05, 4.69) is 38.8 Å². The van der Waals surface area contributed by atoms with Gasteiger partial charge in [0.2, 0.25) is 5.91 Å². The van der Waals surface area contributed by atoms with Crippen LogP contribution in [0.1, 0.15) is 50.8 Å². The van der Waals surface area contributed by atoms with Gasteiger partial charge in [0.1, 0.15) is 5.82 Å². The SMILES string of the molecule is Cc1nc(C2CCN(C(=O)C3CC3)CCN2CC(C)C)n[nH]1. The molecule has 0 spiro atoms. The van der Waals surface area contributed by atoms with Crippen LogP contribution < -0.4 is 0 Å². The maximum atomic E-state index is 12.4. The third-order valence-corrected chi connectivity index (χ3v) is 4.52. The van der Waals surface area contributed by atoms with E-state index < -0.39 is 0 Å². The minimum Gasteiger partial charge on any atom is -0.341 e. The Labute approximate surface area is 132 Å². The van der Waals surface area contributed by atoms with Crippen LogP contribution in [0.2, 0.25) is 0 Å². The predicted octanol–water partition coefficient (Wildman–Crippen LogP) is 1.75. The van der Waals surface area contributed by atoms with Crippen LogP contribution in [-0.2, 0) is 4.79 Å². The zero-order valence-electron chi connectivity index (χ0n) is 13.9. The molecule has 1 unspecified atom stereocenters. The molecule has 1 saturated heterocycles. The molecule has 0 radical (unpaired) electrons. The van der Waals surface area contributed by atoms with Crippen LogP contribution in [0.25, 0.3) is 0 Å². The van der Waals surface area contributed by atoms with E-state index in [9.17, 15) is 4.79 Å². The summed E-state index contributed by atoms with van der Waals surface area (Å²) in [4.78, 5) is 21.4. The van der Waals surface area contributed by atoms with Crippen molar-refractivity contribution >= 4 is 5.91 Å². The summed E-state index contributed by atoms with van der Waals surface area (Å²) in [6.07, 6.45) is 3.08. The molecule has 1 aromatic rings.